The first-order chi connectivity index (χ1) is 15.5. The van der Waals surface area contributed by atoms with E-state index in [1.54, 1.807) is 12.1 Å². The molecule has 1 saturated heterocycles. The molecule has 180 valence electrons. The van der Waals surface area contributed by atoms with Crippen molar-refractivity contribution < 1.29 is 52.4 Å². The number of carbonyl (C=O) groups excluding carboxylic acids is 5. The van der Waals surface area contributed by atoms with Crippen molar-refractivity contribution in [3.8, 4) is 5.75 Å². The van der Waals surface area contributed by atoms with Crippen LogP contribution < -0.4 is 10.5 Å². The van der Waals surface area contributed by atoms with Gasteiger partial charge in [-0.2, -0.15) is 0 Å². The van der Waals surface area contributed by atoms with Gasteiger partial charge in [0.25, 0.3) is 5.91 Å². The Morgan fingerprint density at radius 1 is 0.818 bits per heavy atom. The molecule has 2 rings (SSSR count). The van der Waals surface area contributed by atoms with E-state index >= 15 is 0 Å². The van der Waals surface area contributed by atoms with Gasteiger partial charge in [0, 0.05) is 27.7 Å². The third kappa shape index (κ3) is 7.17. The average Bonchev–Trinajstić information content (AvgIpc) is 2.70. The number of hydrogen-bond acceptors (Lipinski definition) is 11. The van der Waals surface area contributed by atoms with Crippen LogP contribution in [0.2, 0.25) is 0 Å². The second kappa shape index (κ2) is 11.3. The average molecular weight is 467 g/mol. The van der Waals surface area contributed by atoms with Crippen molar-refractivity contribution in [2.75, 3.05) is 6.61 Å². The van der Waals surface area contributed by atoms with Gasteiger partial charge in [-0.05, 0) is 12.1 Å². The van der Waals surface area contributed by atoms with Crippen molar-refractivity contribution in [3.05, 3.63) is 29.8 Å². The Kier molecular flexibility index (Phi) is 8.74. The molecule has 1 aromatic carbocycles. The lowest BCUT2D eigenvalue weighted by atomic mass is 9.98. The summed E-state index contributed by atoms with van der Waals surface area (Å²) in [6.45, 7) is 4.07. The number of nitrogens with two attached hydrogens (primary N) is 1. The fraction of sp³-hybridized carbons (Fsp3) is 0.476. The van der Waals surface area contributed by atoms with Gasteiger partial charge in [-0.1, -0.05) is 12.1 Å². The normalized spacial score (nSPS) is 24.2. The highest BCUT2D eigenvalue weighted by Gasteiger charge is 2.53. The second-order valence-electron chi connectivity index (χ2n) is 7.05. The Balaban J connectivity index is 2.51. The third-order valence-corrected chi connectivity index (χ3v) is 4.34. The van der Waals surface area contributed by atoms with Gasteiger partial charge in [-0.15, -0.1) is 0 Å². The van der Waals surface area contributed by atoms with Crippen LogP contribution in [-0.4, -0.2) is 67.1 Å². The monoisotopic (exact) mass is 467 g/mol. The highest BCUT2D eigenvalue weighted by Crippen LogP contribution is 2.31. The van der Waals surface area contributed by atoms with Crippen molar-refractivity contribution in [3.63, 3.8) is 0 Å². The molecule has 0 spiro atoms. The van der Waals surface area contributed by atoms with Crippen LogP contribution in [-0.2, 0) is 42.9 Å². The van der Waals surface area contributed by atoms with Crippen LogP contribution in [0.25, 0.3) is 0 Å². The van der Waals surface area contributed by atoms with E-state index in [4.69, 9.17) is 34.2 Å². The topological polar surface area (TPSA) is 167 Å². The summed E-state index contributed by atoms with van der Waals surface area (Å²) in [6, 6.07) is 5.95. The summed E-state index contributed by atoms with van der Waals surface area (Å²) < 4.78 is 32.5. The first-order valence-electron chi connectivity index (χ1n) is 9.85. The summed E-state index contributed by atoms with van der Waals surface area (Å²) >= 11 is 0. The molecule has 1 fully saturated rings. The molecule has 0 aromatic heterocycles. The van der Waals surface area contributed by atoms with E-state index in [-0.39, 0.29) is 11.3 Å². The minimum absolute atomic E-state index is 0.00496. The molecule has 1 aliphatic heterocycles. The van der Waals surface area contributed by atoms with Crippen molar-refractivity contribution in [1.82, 2.24) is 0 Å². The molecule has 0 bridgehead atoms. The number of esters is 4. The molecule has 1 heterocycles. The molecule has 33 heavy (non-hydrogen) atoms. The Labute approximate surface area is 189 Å². The fourth-order valence-corrected chi connectivity index (χ4v) is 3.18. The molecule has 1 amide bonds. The maximum Gasteiger partial charge on any atom is 0.303 e. The Morgan fingerprint density at radius 3 is 1.91 bits per heavy atom. The second-order valence-corrected chi connectivity index (χ2v) is 7.05. The zero-order chi connectivity index (χ0) is 24.7. The largest absolute Gasteiger partial charge is 0.463 e. The minimum Gasteiger partial charge on any atom is -0.463 e. The van der Waals surface area contributed by atoms with Crippen LogP contribution in [0, 0.1) is 0 Å². The summed E-state index contributed by atoms with van der Waals surface area (Å²) in [5.41, 5.74) is 5.39. The van der Waals surface area contributed by atoms with Crippen LogP contribution in [0.5, 0.6) is 5.75 Å². The third-order valence-electron chi connectivity index (χ3n) is 4.34. The summed E-state index contributed by atoms with van der Waals surface area (Å²) in [7, 11) is 0. The van der Waals surface area contributed by atoms with Crippen molar-refractivity contribution in [2.45, 2.75) is 58.4 Å². The van der Waals surface area contributed by atoms with Crippen LogP contribution >= 0.6 is 0 Å². The first-order valence-corrected chi connectivity index (χ1v) is 9.85. The van der Waals surface area contributed by atoms with E-state index in [1.165, 1.54) is 12.1 Å². The standard InChI is InChI=1S/C21H25NO11/c1-10(23)28-9-16-17(29-11(2)24)18(30-12(3)25)19(31-13(4)26)21(33-16)32-15-8-6-5-7-14(15)20(22)27/h5-8,16-19,21H,9H2,1-4H3,(H2,22,27)/t16-,17-,18+,19-,21+/m0/s1. The zero-order valence-electron chi connectivity index (χ0n) is 18.5. The van der Waals surface area contributed by atoms with Crippen molar-refractivity contribution in [2.24, 2.45) is 5.73 Å². The van der Waals surface area contributed by atoms with Crippen molar-refractivity contribution in [1.29, 1.82) is 0 Å². The Hall–Kier alpha value is -3.67. The highest BCUT2D eigenvalue weighted by atomic mass is 16.7. The number of para-hydroxylation sites is 1. The number of hydrogen-bond donors (Lipinski definition) is 1. The lowest BCUT2D eigenvalue weighted by Gasteiger charge is -2.44. The van der Waals surface area contributed by atoms with Gasteiger partial charge in [0.2, 0.25) is 12.4 Å². The molecule has 0 unspecified atom stereocenters. The summed E-state index contributed by atoms with van der Waals surface area (Å²) in [6.07, 6.45) is -6.78. The maximum atomic E-state index is 11.8. The molecule has 5 atom stereocenters. The Bertz CT molecular complexity index is 915. The van der Waals surface area contributed by atoms with E-state index < -0.39 is 67.1 Å². The van der Waals surface area contributed by atoms with Gasteiger partial charge in [-0.25, -0.2) is 0 Å². The van der Waals surface area contributed by atoms with Gasteiger partial charge in [0.05, 0.1) is 5.56 Å². The Morgan fingerprint density at radius 2 is 1.36 bits per heavy atom. The van der Waals surface area contributed by atoms with Gasteiger partial charge in [-0.3, -0.25) is 24.0 Å². The maximum absolute atomic E-state index is 11.8. The fourth-order valence-electron chi connectivity index (χ4n) is 3.18. The molecule has 0 radical (unpaired) electrons. The molecule has 12 nitrogen and oxygen atoms in total. The van der Waals surface area contributed by atoms with E-state index in [0.29, 0.717) is 0 Å². The summed E-state index contributed by atoms with van der Waals surface area (Å²) in [4.78, 5) is 58.5. The molecular weight excluding hydrogens is 442 g/mol. The number of ether oxygens (including phenoxy) is 6. The zero-order valence-corrected chi connectivity index (χ0v) is 18.5. The number of benzene rings is 1. The molecule has 12 heteroatoms. The smallest absolute Gasteiger partial charge is 0.303 e. The quantitative estimate of drug-likeness (QED) is 0.411. The first kappa shape index (κ1) is 25.6. The highest BCUT2D eigenvalue weighted by molar-refractivity contribution is 5.95. The van der Waals surface area contributed by atoms with Crippen molar-refractivity contribution >= 4 is 29.8 Å². The van der Waals surface area contributed by atoms with Crippen LogP contribution in [0.15, 0.2) is 24.3 Å². The van der Waals surface area contributed by atoms with E-state index in [0.717, 1.165) is 27.7 Å². The lowest BCUT2D eigenvalue weighted by molar-refractivity contribution is -0.288. The van der Waals surface area contributed by atoms with Crippen LogP contribution in [0.1, 0.15) is 38.1 Å². The van der Waals surface area contributed by atoms with Gasteiger partial charge >= 0.3 is 23.9 Å². The molecule has 1 aliphatic rings. The van der Waals surface area contributed by atoms with E-state index in [1.807, 2.05) is 0 Å². The molecule has 2 N–H and O–H groups in total. The molecular formula is C21H25NO11. The number of amides is 1. The number of primary amides is 1. The SMILES string of the molecule is CC(=O)OC[C@@H]1O[C@@H](Oc2ccccc2C(N)=O)[C@@H](OC(C)=O)[C@H](OC(C)=O)[C@H]1OC(C)=O. The van der Waals surface area contributed by atoms with E-state index in [9.17, 15) is 24.0 Å². The predicted octanol–water partition coefficient (Wildman–Crippen LogP) is 0.247. The van der Waals surface area contributed by atoms with Gasteiger partial charge in [0.1, 0.15) is 18.5 Å². The minimum atomic E-state index is -1.47. The number of carbonyl (C=O) groups is 5. The number of rotatable bonds is 8. The molecule has 0 saturated carbocycles. The lowest BCUT2D eigenvalue weighted by Crippen LogP contribution is -2.63. The van der Waals surface area contributed by atoms with Gasteiger partial charge < -0.3 is 34.2 Å². The summed E-state index contributed by atoms with van der Waals surface area (Å²) in [5, 5.41) is 0. The van der Waals surface area contributed by atoms with Gasteiger partial charge in [0.15, 0.2) is 12.2 Å². The predicted molar refractivity (Wildman–Crippen MR) is 108 cm³/mol. The molecule has 0 aliphatic carbocycles. The van der Waals surface area contributed by atoms with Crippen LogP contribution in [0.4, 0.5) is 0 Å². The molecule has 1 aromatic rings. The van der Waals surface area contributed by atoms with E-state index in [2.05, 4.69) is 0 Å². The van der Waals surface area contributed by atoms with Crippen LogP contribution in [0.3, 0.4) is 0 Å². The summed E-state index contributed by atoms with van der Waals surface area (Å²) in [5.74, 6) is -3.77.